The van der Waals surface area contributed by atoms with Crippen molar-refractivity contribution in [3.63, 3.8) is 0 Å². The average Bonchev–Trinajstić information content (AvgIpc) is 2.82. The number of carbonyl (C=O) groups is 1. The quantitative estimate of drug-likeness (QED) is 0.725. The normalized spacial score (nSPS) is 19.3. The van der Waals surface area contributed by atoms with Crippen molar-refractivity contribution in [3.8, 4) is 5.75 Å². The third-order valence-electron chi connectivity index (χ3n) is 6.95. The zero-order chi connectivity index (χ0) is 20.9. The van der Waals surface area contributed by atoms with Crippen LogP contribution in [0.25, 0.3) is 10.8 Å². The Bertz CT molecular complexity index is 853. The molecule has 162 valence electrons. The van der Waals surface area contributed by atoms with Gasteiger partial charge in [-0.05, 0) is 48.9 Å². The topological polar surface area (TPSA) is 42.0 Å². The molecule has 2 saturated heterocycles. The van der Waals surface area contributed by atoms with Gasteiger partial charge in [0.2, 0.25) is 5.91 Å². The first kappa shape index (κ1) is 21.1. The number of benzene rings is 2. The van der Waals surface area contributed by atoms with Crippen LogP contribution in [-0.4, -0.2) is 68.3 Å². The molecule has 30 heavy (non-hydrogen) atoms. The van der Waals surface area contributed by atoms with Crippen LogP contribution in [0.3, 0.4) is 0 Å². The van der Waals surface area contributed by atoms with Gasteiger partial charge >= 0.3 is 0 Å². The van der Waals surface area contributed by atoms with Gasteiger partial charge in [-0.3, -0.25) is 4.79 Å². The zero-order valence-electron chi connectivity index (χ0n) is 18.3. The van der Waals surface area contributed by atoms with Crippen molar-refractivity contribution in [2.75, 3.05) is 40.4 Å². The molecule has 0 aromatic heterocycles. The van der Waals surface area contributed by atoms with E-state index in [1.165, 1.54) is 10.8 Å². The first-order valence-corrected chi connectivity index (χ1v) is 11.3. The summed E-state index contributed by atoms with van der Waals surface area (Å²) in [5.74, 6) is 1.14. The van der Waals surface area contributed by atoms with Gasteiger partial charge in [0, 0.05) is 51.3 Å². The first-order chi connectivity index (χ1) is 14.7. The predicted molar refractivity (Wildman–Crippen MR) is 120 cm³/mol. The summed E-state index contributed by atoms with van der Waals surface area (Å²) in [5, 5.41) is 2.38. The van der Waals surface area contributed by atoms with E-state index in [2.05, 4.69) is 28.0 Å². The molecule has 2 aliphatic rings. The van der Waals surface area contributed by atoms with Crippen LogP contribution in [0.4, 0.5) is 0 Å². The molecule has 0 saturated carbocycles. The third-order valence-corrected chi connectivity index (χ3v) is 6.95. The number of amides is 1. The Balaban J connectivity index is 1.31. The smallest absolute Gasteiger partial charge is 0.222 e. The van der Waals surface area contributed by atoms with Crippen molar-refractivity contribution < 1.29 is 14.3 Å². The molecule has 0 unspecified atom stereocenters. The zero-order valence-corrected chi connectivity index (χ0v) is 18.3. The monoisotopic (exact) mass is 410 g/mol. The fraction of sp³-hybridized carbons (Fsp3) is 0.560. The summed E-state index contributed by atoms with van der Waals surface area (Å²) in [5.41, 5.74) is 1.14. The number of hydrogen-bond acceptors (Lipinski definition) is 4. The van der Waals surface area contributed by atoms with E-state index in [9.17, 15) is 4.79 Å². The molecule has 2 fully saturated rings. The lowest BCUT2D eigenvalue weighted by molar-refractivity contribution is -0.132. The van der Waals surface area contributed by atoms with E-state index < -0.39 is 0 Å². The molecule has 0 atom stereocenters. The number of fused-ring (bicyclic) bond motifs is 1. The van der Waals surface area contributed by atoms with E-state index in [0.29, 0.717) is 25.0 Å². The van der Waals surface area contributed by atoms with Crippen LogP contribution in [-0.2, 0) is 16.0 Å². The number of hydrogen-bond donors (Lipinski definition) is 0. The van der Waals surface area contributed by atoms with Gasteiger partial charge in [0.1, 0.15) is 5.75 Å². The summed E-state index contributed by atoms with van der Waals surface area (Å²) in [7, 11) is 3.52. The van der Waals surface area contributed by atoms with Crippen LogP contribution < -0.4 is 4.74 Å². The minimum absolute atomic E-state index is 0.265. The highest BCUT2D eigenvalue weighted by Gasteiger charge is 2.29. The van der Waals surface area contributed by atoms with Crippen LogP contribution in [0.1, 0.15) is 37.7 Å². The Labute approximate surface area is 179 Å². The summed E-state index contributed by atoms with van der Waals surface area (Å²) in [6.07, 6.45) is 6.10. The number of carbonyl (C=O) groups excluding carboxylic acids is 1. The summed E-state index contributed by atoms with van der Waals surface area (Å²) in [6, 6.07) is 13.0. The summed E-state index contributed by atoms with van der Waals surface area (Å²) < 4.78 is 11.1. The highest BCUT2D eigenvalue weighted by Crippen LogP contribution is 2.29. The van der Waals surface area contributed by atoms with Gasteiger partial charge in [-0.15, -0.1) is 0 Å². The van der Waals surface area contributed by atoms with Crippen LogP contribution in [0, 0.1) is 0 Å². The van der Waals surface area contributed by atoms with E-state index in [4.69, 9.17) is 9.47 Å². The Hall–Kier alpha value is -2.11. The van der Waals surface area contributed by atoms with Crippen molar-refractivity contribution in [2.24, 2.45) is 0 Å². The van der Waals surface area contributed by atoms with Crippen molar-refractivity contribution in [1.29, 1.82) is 0 Å². The Kier molecular flexibility index (Phi) is 6.90. The lowest BCUT2D eigenvalue weighted by Gasteiger charge is -2.41. The molecule has 4 rings (SSSR count). The number of nitrogens with zero attached hydrogens (tertiary/aromatic N) is 2. The molecule has 2 aliphatic heterocycles. The summed E-state index contributed by atoms with van der Waals surface area (Å²) in [6.45, 7) is 4.00. The minimum Gasteiger partial charge on any atom is -0.496 e. The third kappa shape index (κ3) is 4.62. The van der Waals surface area contributed by atoms with E-state index in [1.54, 1.807) is 7.11 Å². The van der Waals surface area contributed by atoms with E-state index in [0.717, 1.165) is 63.2 Å². The average molecular weight is 411 g/mol. The summed E-state index contributed by atoms with van der Waals surface area (Å²) >= 11 is 0. The second kappa shape index (κ2) is 9.80. The molecule has 5 heteroatoms. The van der Waals surface area contributed by atoms with Gasteiger partial charge in [-0.2, -0.15) is 0 Å². The molecule has 0 N–H and O–H groups in total. The van der Waals surface area contributed by atoms with Crippen molar-refractivity contribution in [1.82, 2.24) is 9.80 Å². The van der Waals surface area contributed by atoms with Gasteiger partial charge in [-0.1, -0.05) is 30.3 Å². The Morgan fingerprint density at radius 2 is 1.70 bits per heavy atom. The molecule has 1 amide bonds. The molecular weight excluding hydrogens is 376 g/mol. The lowest BCUT2D eigenvalue weighted by atomic mass is 9.97. The number of ether oxygens (including phenoxy) is 2. The highest BCUT2D eigenvalue weighted by molar-refractivity contribution is 5.88. The van der Waals surface area contributed by atoms with Crippen LogP contribution in [0.15, 0.2) is 36.4 Å². The lowest BCUT2D eigenvalue weighted by Crippen LogP contribution is -2.49. The number of likely N-dealkylation sites (tertiary alicyclic amines) is 2. The fourth-order valence-corrected chi connectivity index (χ4v) is 5.11. The maximum atomic E-state index is 12.9. The summed E-state index contributed by atoms with van der Waals surface area (Å²) in [4.78, 5) is 17.6. The molecular formula is C25H34N2O3. The van der Waals surface area contributed by atoms with E-state index in [-0.39, 0.29) is 5.91 Å². The Morgan fingerprint density at radius 3 is 2.40 bits per heavy atom. The van der Waals surface area contributed by atoms with E-state index >= 15 is 0 Å². The predicted octanol–water partition coefficient (Wildman–Crippen LogP) is 3.88. The standard InChI is InChI=1S/C25H34N2O3/c1-29-21-13-17-26(18-14-21)20-11-15-27(16-12-20)25(28)10-8-23-22-6-4-3-5-19(22)7-9-24(23)30-2/h3-7,9,20-21H,8,10-18H2,1-2H3. The van der Waals surface area contributed by atoms with Crippen molar-refractivity contribution in [3.05, 3.63) is 42.0 Å². The van der Waals surface area contributed by atoms with Crippen molar-refractivity contribution in [2.45, 2.75) is 50.7 Å². The second-order valence-electron chi connectivity index (χ2n) is 8.55. The molecule has 0 radical (unpaired) electrons. The maximum absolute atomic E-state index is 12.9. The number of aryl methyl sites for hydroxylation is 1. The minimum atomic E-state index is 0.265. The first-order valence-electron chi connectivity index (χ1n) is 11.3. The molecule has 2 heterocycles. The second-order valence-corrected chi connectivity index (χ2v) is 8.55. The van der Waals surface area contributed by atoms with Crippen LogP contribution in [0.5, 0.6) is 5.75 Å². The van der Waals surface area contributed by atoms with Crippen molar-refractivity contribution >= 4 is 16.7 Å². The van der Waals surface area contributed by atoms with E-state index in [1.807, 2.05) is 25.3 Å². The maximum Gasteiger partial charge on any atom is 0.222 e. The van der Waals surface area contributed by atoms with Gasteiger partial charge in [0.05, 0.1) is 13.2 Å². The number of piperidine rings is 2. The van der Waals surface area contributed by atoms with Crippen LogP contribution in [0.2, 0.25) is 0 Å². The number of methoxy groups -OCH3 is 2. The molecule has 5 nitrogen and oxygen atoms in total. The van der Waals surface area contributed by atoms with Gasteiger partial charge < -0.3 is 19.3 Å². The fourth-order valence-electron chi connectivity index (χ4n) is 5.11. The SMILES string of the molecule is COc1ccc2ccccc2c1CCC(=O)N1CCC(N2CCC(OC)CC2)CC1. The molecule has 0 bridgehead atoms. The Morgan fingerprint density at radius 1 is 0.967 bits per heavy atom. The molecule has 2 aromatic rings. The molecule has 0 aliphatic carbocycles. The molecule has 0 spiro atoms. The van der Waals surface area contributed by atoms with Crippen LogP contribution >= 0.6 is 0 Å². The molecule has 2 aromatic carbocycles. The van der Waals surface area contributed by atoms with Gasteiger partial charge in [0.15, 0.2) is 0 Å². The number of rotatable bonds is 6. The van der Waals surface area contributed by atoms with Gasteiger partial charge in [-0.25, -0.2) is 0 Å². The highest BCUT2D eigenvalue weighted by atomic mass is 16.5. The largest absolute Gasteiger partial charge is 0.496 e. The van der Waals surface area contributed by atoms with Gasteiger partial charge in [0.25, 0.3) is 0 Å².